The van der Waals surface area contributed by atoms with E-state index in [1.54, 1.807) is 7.11 Å². The van der Waals surface area contributed by atoms with Crippen molar-refractivity contribution in [2.24, 2.45) is 0 Å². The Balaban J connectivity index is 2.13. The molecule has 0 saturated heterocycles. The fraction of sp³-hybridized carbons (Fsp3) is 0.200. The summed E-state index contributed by atoms with van der Waals surface area (Å²) in [5.74, 6) is 0.118. The zero-order valence-electron chi connectivity index (χ0n) is 11.6. The van der Waals surface area contributed by atoms with Gasteiger partial charge < -0.3 is 9.15 Å². The maximum Gasteiger partial charge on any atom is 0.422 e. The lowest BCUT2D eigenvalue weighted by atomic mass is 10.2. The number of benzene rings is 1. The molecule has 0 spiro atoms. The fourth-order valence-electron chi connectivity index (χ4n) is 2.25. The quantitative estimate of drug-likeness (QED) is 0.745. The lowest BCUT2D eigenvalue weighted by molar-refractivity contribution is 0.414. The highest BCUT2D eigenvalue weighted by atomic mass is 32.1. The Kier molecular flexibility index (Phi) is 3.39. The molecule has 0 radical (unpaired) electrons. The fourth-order valence-corrected chi connectivity index (χ4v) is 3.17. The number of fused-ring (bicyclic) bond motifs is 1. The van der Waals surface area contributed by atoms with Crippen molar-refractivity contribution in [3.8, 4) is 5.75 Å². The monoisotopic (exact) mass is 303 g/mol. The molecule has 0 saturated carbocycles. The molecule has 3 aromatic rings. The summed E-state index contributed by atoms with van der Waals surface area (Å²) in [6, 6.07) is 7.42. The average molecular weight is 303 g/mol. The molecule has 1 aromatic carbocycles. The molecule has 0 N–H and O–H groups in total. The van der Waals surface area contributed by atoms with Gasteiger partial charge in [-0.25, -0.2) is 9.59 Å². The SMILES string of the molecule is COc1ccc(Cn2c(=O)oc(=O)c3scc(C)c32)cc1. The average Bonchev–Trinajstić information content (AvgIpc) is 2.87. The molecule has 3 rings (SSSR count). The molecular formula is C15H13NO4S. The Hall–Kier alpha value is -2.34. The molecule has 0 atom stereocenters. The van der Waals surface area contributed by atoms with Gasteiger partial charge in [-0.15, -0.1) is 11.3 Å². The van der Waals surface area contributed by atoms with Crippen molar-refractivity contribution in [3.05, 3.63) is 61.7 Å². The van der Waals surface area contributed by atoms with Gasteiger partial charge in [-0.1, -0.05) is 12.1 Å². The normalized spacial score (nSPS) is 11.0. The van der Waals surface area contributed by atoms with E-state index in [9.17, 15) is 9.59 Å². The van der Waals surface area contributed by atoms with Crippen LogP contribution in [0.5, 0.6) is 5.75 Å². The van der Waals surface area contributed by atoms with Crippen molar-refractivity contribution in [2.45, 2.75) is 13.5 Å². The lowest BCUT2D eigenvalue weighted by Gasteiger charge is -2.08. The second-order valence-electron chi connectivity index (χ2n) is 4.69. The van der Waals surface area contributed by atoms with Crippen LogP contribution in [0.2, 0.25) is 0 Å². The molecule has 0 amide bonds. The topological polar surface area (TPSA) is 61.4 Å². The maximum atomic E-state index is 12.0. The van der Waals surface area contributed by atoms with Gasteiger partial charge in [0.25, 0.3) is 0 Å². The molecule has 6 heteroatoms. The molecule has 0 aliphatic rings. The third kappa shape index (κ3) is 2.38. The van der Waals surface area contributed by atoms with Gasteiger partial charge in [0.1, 0.15) is 10.4 Å². The minimum atomic E-state index is -0.634. The van der Waals surface area contributed by atoms with E-state index in [0.29, 0.717) is 16.8 Å². The first-order chi connectivity index (χ1) is 10.1. The standard InChI is InChI=1S/C15H13NO4S/c1-9-8-21-13-12(9)16(15(18)20-14(13)17)7-10-3-5-11(19-2)6-4-10/h3-6,8H,7H2,1-2H3. The van der Waals surface area contributed by atoms with Crippen LogP contribution in [0.25, 0.3) is 10.2 Å². The molecule has 5 nitrogen and oxygen atoms in total. The smallest absolute Gasteiger partial charge is 0.422 e. The molecule has 21 heavy (non-hydrogen) atoms. The van der Waals surface area contributed by atoms with Crippen LogP contribution in [0.4, 0.5) is 0 Å². The summed E-state index contributed by atoms with van der Waals surface area (Å²) >= 11 is 1.29. The summed E-state index contributed by atoms with van der Waals surface area (Å²) in [6.07, 6.45) is 0. The summed E-state index contributed by atoms with van der Waals surface area (Å²) in [6.45, 7) is 2.23. The Morgan fingerprint density at radius 1 is 1.24 bits per heavy atom. The number of ether oxygens (including phenoxy) is 1. The minimum absolute atomic E-state index is 0.348. The third-order valence-electron chi connectivity index (χ3n) is 3.30. The number of thiophene rings is 1. The second-order valence-corrected chi connectivity index (χ2v) is 5.57. The highest BCUT2D eigenvalue weighted by molar-refractivity contribution is 7.17. The number of nitrogens with zero attached hydrogens (tertiary/aromatic N) is 1. The highest BCUT2D eigenvalue weighted by Crippen LogP contribution is 2.22. The van der Waals surface area contributed by atoms with Crippen molar-refractivity contribution < 1.29 is 9.15 Å². The predicted molar refractivity (Wildman–Crippen MR) is 81.5 cm³/mol. The molecular weight excluding hydrogens is 290 g/mol. The van der Waals surface area contributed by atoms with Crippen LogP contribution in [0.3, 0.4) is 0 Å². The number of hydrogen-bond donors (Lipinski definition) is 0. The minimum Gasteiger partial charge on any atom is -0.497 e. The van der Waals surface area contributed by atoms with E-state index in [2.05, 4.69) is 0 Å². The van der Waals surface area contributed by atoms with E-state index in [4.69, 9.17) is 9.15 Å². The van der Waals surface area contributed by atoms with Gasteiger partial charge in [0.05, 0.1) is 19.2 Å². The van der Waals surface area contributed by atoms with Crippen LogP contribution in [-0.2, 0) is 6.54 Å². The Morgan fingerprint density at radius 3 is 2.62 bits per heavy atom. The van der Waals surface area contributed by atoms with Crippen LogP contribution in [0.15, 0.2) is 43.7 Å². The van der Waals surface area contributed by atoms with Crippen molar-refractivity contribution in [1.29, 1.82) is 0 Å². The Bertz CT molecular complexity index is 902. The second kappa shape index (κ2) is 5.21. The molecule has 0 fully saturated rings. The van der Waals surface area contributed by atoms with Crippen molar-refractivity contribution >= 4 is 21.6 Å². The van der Waals surface area contributed by atoms with E-state index < -0.39 is 11.4 Å². The van der Waals surface area contributed by atoms with Gasteiger partial charge in [0.2, 0.25) is 0 Å². The molecule has 2 heterocycles. The maximum absolute atomic E-state index is 12.0. The third-order valence-corrected chi connectivity index (χ3v) is 4.36. The molecule has 108 valence electrons. The van der Waals surface area contributed by atoms with E-state index in [1.165, 1.54) is 15.9 Å². The van der Waals surface area contributed by atoms with Crippen molar-refractivity contribution in [3.63, 3.8) is 0 Å². The number of aryl methyl sites for hydroxylation is 1. The van der Waals surface area contributed by atoms with Crippen LogP contribution >= 0.6 is 11.3 Å². The van der Waals surface area contributed by atoms with Crippen LogP contribution in [0, 0.1) is 6.92 Å². The van der Waals surface area contributed by atoms with E-state index >= 15 is 0 Å². The lowest BCUT2D eigenvalue weighted by Crippen LogP contribution is -2.25. The molecule has 0 bridgehead atoms. The molecule has 0 unspecified atom stereocenters. The van der Waals surface area contributed by atoms with E-state index in [1.807, 2.05) is 36.6 Å². The van der Waals surface area contributed by atoms with E-state index in [-0.39, 0.29) is 0 Å². The first-order valence-corrected chi connectivity index (χ1v) is 7.23. The van der Waals surface area contributed by atoms with Gasteiger partial charge in [0, 0.05) is 0 Å². The van der Waals surface area contributed by atoms with Crippen LogP contribution < -0.4 is 16.1 Å². The highest BCUT2D eigenvalue weighted by Gasteiger charge is 2.13. The zero-order valence-corrected chi connectivity index (χ0v) is 12.4. The van der Waals surface area contributed by atoms with Gasteiger partial charge in [-0.05, 0) is 35.6 Å². The molecule has 0 aliphatic heterocycles. The number of rotatable bonds is 3. The summed E-state index contributed by atoms with van der Waals surface area (Å²) in [4.78, 5) is 23.7. The predicted octanol–water partition coefficient (Wildman–Crippen LogP) is 2.38. The molecule has 2 aromatic heterocycles. The summed E-state index contributed by atoms with van der Waals surface area (Å²) in [5.41, 5.74) is 1.91. The van der Waals surface area contributed by atoms with Crippen molar-refractivity contribution in [1.82, 2.24) is 4.57 Å². The van der Waals surface area contributed by atoms with E-state index in [0.717, 1.165) is 16.9 Å². The van der Waals surface area contributed by atoms with Gasteiger partial charge in [-0.2, -0.15) is 0 Å². The molecule has 0 aliphatic carbocycles. The van der Waals surface area contributed by atoms with Gasteiger partial charge >= 0.3 is 11.4 Å². The van der Waals surface area contributed by atoms with Gasteiger partial charge in [-0.3, -0.25) is 4.57 Å². The van der Waals surface area contributed by atoms with Crippen LogP contribution in [0.1, 0.15) is 11.1 Å². The van der Waals surface area contributed by atoms with Crippen molar-refractivity contribution in [2.75, 3.05) is 7.11 Å². The first-order valence-electron chi connectivity index (χ1n) is 6.35. The first kappa shape index (κ1) is 13.6. The Labute approximate surface area is 124 Å². The summed E-state index contributed by atoms with van der Waals surface area (Å²) in [7, 11) is 1.60. The number of aromatic nitrogens is 1. The Morgan fingerprint density at radius 2 is 1.95 bits per heavy atom. The number of methoxy groups -OCH3 is 1. The summed E-state index contributed by atoms with van der Waals surface area (Å²) < 4.78 is 11.9. The van der Waals surface area contributed by atoms with Gasteiger partial charge in [0.15, 0.2) is 0 Å². The van der Waals surface area contributed by atoms with Crippen LogP contribution in [-0.4, -0.2) is 11.7 Å². The largest absolute Gasteiger partial charge is 0.497 e. The number of hydrogen-bond acceptors (Lipinski definition) is 5. The summed E-state index contributed by atoms with van der Waals surface area (Å²) in [5, 5.41) is 1.85. The zero-order chi connectivity index (χ0) is 15.0.